The second-order valence-corrected chi connectivity index (χ2v) is 17.9. The first kappa shape index (κ1) is 39.4. The number of benzene rings is 4. The van der Waals surface area contributed by atoms with Gasteiger partial charge >= 0.3 is 0 Å². The summed E-state index contributed by atoms with van der Waals surface area (Å²) in [5.74, 6) is -1.30. The molecule has 18 heteroatoms. The first-order chi connectivity index (χ1) is 27.0. The molecule has 0 spiro atoms. The summed E-state index contributed by atoms with van der Waals surface area (Å²) in [6, 6.07) is 17.8. The molecule has 292 valence electrons. The van der Waals surface area contributed by atoms with E-state index < -0.39 is 31.9 Å². The summed E-state index contributed by atoms with van der Waals surface area (Å²) >= 11 is 25.3. The molecule has 0 saturated carbocycles. The number of halogens is 6. The van der Waals surface area contributed by atoms with E-state index >= 15 is 8.78 Å². The van der Waals surface area contributed by atoms with Crippen LogP contribution in [0.15, 0.2) is 94.7 Å². The Bertz CT molecular complexity index is 2780. The van der Waals surface area contributed by atoms with Gasteiger partial charge in [-0.3, -0.25) is 9.11 Å². The molecule has 0 amide bonds. The van der Waals surface area contributed by atoms with Crippen molar-refractivity contribution >= 4 is 78.3 Å². The second-order valence-electron chi connectivity index (χ2n) is 13.3. The molecular weight excluding hydrogens is 864 g/mol. The van der Waals surface area contributed by atoms with Gasteiger partial charge < -0.3 is 0 Å². The van der Waals surface area contributed by atoms with Crippen LogP contribution in [0, 0.1) is 0 Å². The topological polar surface area (TPSA) is 144 Å². The van der Waals surface area contributed by atoms with Crippen LogP contribution in [0.5, 0.6) is 0 Å². The van der Waals surface area contributed by atoms with E-state index in [1.165, 1.54) is 70.0 Å². The van der Waals surface area contributed by atoms with E-state index in [1.54, 1.807) is 24.3 Å². The molecule has 0 bridgehead atoms. The molecule has 0 saturated heterocycles. The fourth-order valence-corrected chi connectivity index (χ4v) is 9.23. The lowest BCUT2D eigenvalue weighted by Crippen LogP contribution is -2.02. The van der Waals surface area contributed by atoms with Crippen LogP contribution in [0.4, 0.5) is 8.78 Å². The van der Waals surface area contributed by atoms with E-state index in [4.69, 9.17) is 46.4 Å². The second kappa shape index (κ2) is 14.8. The largest absolute Gasteiger partial charge is 0.294 e. The number of fused-ring (bicyclic) bond motifs is 6. The van der Waals surface area contributed by atoms with Crippen LogP contribution < -0.4 is 0 Å². The highest BCUT2D eigenvalue weighted by Crippen LogP contribution is 2.45. The Hall–Kier alpha value is -4.38. The number of rotatable bonds is 10. The number of hydrogen-bond donors (Lipinski definition) is 2. The van der Waals surface area contributed by atoms with Crippen molar-refractivity contribution < 1.29 is 34.7 Å². The molecule has 8 rings (SSSR count). The SMILES string of the molecule is O=S(=O)(O)c1ccc2c(c1)Cc1c(/C(F)=C/CCC/C=C(\F)c3nn(-c4ccc(Cl)cc4Cl)c4c3Cc3cc(S(=O)(=O)O)ccc3-4)nn(-c3ccc(Cl)cc3Cl)c1-2. The average Bonchev–Trinajstić information content (AvgIpc) is 3.89. The van der Waals surface area contributed by atoms with Crippen molar-refractivity contribution in [3.8, 4) is 33.9 Å². The molecular formula is C39H26Cl4F2N4O6S2. The van der Waals surface area contributed by atoms with Crippen LogP contribution in [0.1, 0.15) is 52.9 Å². The van der Waals surface area contributed by atoms with Crippen molar-refractivity contribution in [1.82, 2.24) is 19.6 Å². The molecule has 2 aliphatic carbocycles. The van der Waals surface area contributed by atoms with Crippen molar-refractivity contribution in [2.45, 2.75) is 41.9 Å². The van der Waals surface area contributed by atoms with E-state index in [2.05, 4.69) is 10.2 Å². The maximum Gasteiger partial charge on any atom is 0.294 e. The maximum atomic E-state index is 16.1. The molecule has 2 heterocycles. The van der Waals surface area contributed by atoms with Gasteiger partial charge in [0.05, 0.1) is 42.6 Å². The molecule has 10 nitrogen and oxygen atoms in total. The zero-order chi connectivity index (χ0) is 40.6. The van der Waals surface area contributed by atoms with Crippen LogP contribution in [-0.4, -0.2) is 45.5 Å². The summed E-state index contributed by atoms with van der Waals surface area (Å²) < 4.78 is 102. The minimum Gasteiger partial charge on any atom is -0.282 e. The molecule has 4 aromatic carbocycles. The van der Waals surface area contributed by atoms with Crippen molar-refractivity contribution in [1.29, 1.82) is 0 Å². The van der Waals surface area contributed by atoms with Gasteiger partial charge in [-0.2, -0.15) is 27.0 Å². The van der Waals surface area contributed by atoms with E-state index in [9.17, 15) is 25.9 Å². The average molecular weight is 891 g/mol. The van der Waals surface area contributed by atoms with Crippen LogP contribution in [-0.2, 0) is 33.1 Å². The van der Waals surface area contributed by atoms with Gasteiger partial charge in [0.25, 0.3) is 20.2 Å². The predicted molar refractivity (Wildman–Crippen MR) is 215 cm³/mol. The Balaban J connectivity index is 1.07. The molecule has 0 unspecified atom stereocenters. The van der Waals surface area contributed by atoms with Gasteiger partial charge in [0.1, 0.15) is 23.0 Å². The summed E-state index contributed by atoms with van der Waals surface area (Å²) in [6.45, 7) is 0. The monoisotopic (exact) mass is 888 g/mol. The zero-order valence-corrected chi connectivity index (χ0v) is 33.7. The number of nitrogens with zero attached hydrogens (tertiary/aromatic N) is 4. The highest BCUT2D eigenvalue weighted by molar-refractivity contribution is 7.86. The van der Waals surface area contributed by atoms with Gasteiger partial charge in [-0.05, 0) is 103 Å². The summed E-state index contributed by atoms with van der Waals surface area (Å²) in [6.07, 6.45) is 3.64. The molecule has 0 radical (unpaired) electrons. The van der Waals surface area contributed by atoms with E-state index in [0.717, 1.165) is 0 Å². The third-order valence-electron chi connectivity index (χ3n) is 9.74. The zero-order valence-electron chi connectivity index (χ0n) is 29.0. The minimum absolute atomic E-state index is 0.0148. The van der Waals surface area contributed by atoms with Crippen molar-refractivity contribution in [3.63, 3.8) is 0 Å². The van der Waals surface area contributed by atoms with Crippen molar-refractivity contribution in [3.05, 3.63) is 139 Å². The molecule has 2 aromatic heterocycles. The van der Waals surface area contributed by atoms with Crippen LogP contribution >= 0.6 is 46.4 Å². The third-order valence-corrected chi connectivity index (χ3v) is 12.5. The summed E-state index contributed by atoms with van der Waals surface area (Å²) in [4.78, 5) is -0.593. The molecule has 6 aromatic rings. The number of hydrogen-bond acceptors (Lipinski definition) is 6. The van der Waals surface area contributed by atoms with E-state index in [0.29, 0.717) is 72.6 Å². The predicted octanol–water partition coefficient (Wildman–Crippen LogP) is 10.8. The molecule has 2 aliphatic rings. The van der Waals surface area contributed by atoms with Gasteiger partial charge in [-0.25, -0.2) is 18.1 Å². The van der Waals surface area contributed by atoms with Crippen molar-refractivity contribution in [2.75, 3.05) is 0 Å². The smallest absolute Gasteiger partial charge is 0.282 e. The van der Waals surface area contributed by atoms with E-state index in [-0.39, 0.29) is 56.9 Å². The Morgan fingerprint density at radius 1 is 0.632 bits per heavy atom. The van der Waals surface area contributed by atoms with Crippen molar-refractivity contribution in [2.24, 2.45) is 0 Å². The summed E-state index contributed by atoms with van der Waals surface area (Å²) in [5, 5.41) is 10.4. The molecule has 0 fully saturated rings. The van der Waals surface area contributed by atoms with E-state index in [1.807, 2.05) is 0 Å². The van der Waals surface area contributed by atoms with Gasteiger partial charge in [0.2, 0.25) is 0 Å². The number of unbranched alkanes of at least 4 members (excludes halogenated alkanes) is 2. The Kier molecular flexibility index (Phi) is 10.2. The van der Waals surface area contributed by atoms with Crippen LogP contribution in [0.2, 0.25) is 20.1 Å². The number of allylic oxidation sites excluding steroid dienone is 2. The molecule has 0 aliphatic heterocycles. The Labute approximate surface area is 345 Å². The minimum atomic E-state index is -4.49. The fraction of sp³-hybridized carbons (Fsp3) is 0.128. The van der Waals surface area contributed by atoms with Gasteiger partial charge in [0.15, 0.2) is 0 Å². The first-order valence-corrected chi connectivity index (χ1v) is 21.5. The van der Waals surface area contributed by atoms with Crippen LogP contribution in [0.3, 0.4) is 0 Å². The van der Waals surface area contributed by atoms with Gasteiger partial charge in [0, 0.05) is 45.1 Å². The molecule has 2 N–H and O–H groups in total. The lowest BCUT2D eigenvalue weighted by atomic mass is 10.1. The highest BCUT2D eigenvalue weighted by atomic mass is 35.5. The van der Waals surface area contributed by atoms with Crippen LogP contribution in [0.25, 0.3) is 45.5 Å². The fourth-order valence-electron chi connectivity index (χ4n) is 7.19. The van der Waals surface area contributed by atoms with Gasteiger partial charge in [-0.1, -0.05) is 58.5 Å². The Morgan fingerprint density at radius 3 is 1.40 bits per heavy atom. The normalized spacial score (nSPS) is 13.8. The summed E-state index contributed by atoms with van der Waals surface area (Å²) in [7, 11) is -8.98. The lowest BCUT2D eigenvalue weighted by molar-refractivity contribution is 0.481. The Morgan fingerprint density at radius 2 is 1.04 bits per heavy atom. The van der Waals surface area contributed by atoms with Gasteiger partial charge in [-0.15, -0.1) is 0 Å². The quantitative estimate of drug-likeness (QED) is 0.102. The maximum absolute atomic E-state index is 16.1. The summed E-state index contributed by atoms with van der Waals surface area (Å²) in [5.41, 5.74) is 5.09. The molecule has 0 atom stereocenters. The molecule has 57 heavy (non-hydrogen) atoms. The lowest BCUT2D eigenvalue weighted by Gasteiger charge is -2.10. The highest BCUT2D eigenvalue weighted by Gasteiger charge is 2.33. The standard InChI is InChI=1S/C39H26Cl4F2N4O6S2/c40-22-6-12-34(30(42)18-22)48-38-26-10-8-24(56(50,51)52)14-20(26)16-28(38)36(46-48)32(44)4-2-1-3-5-33(45)37-29-17-21-15-25(57(53,54)55)9-11-27(21)39(29)49(47-37)35-13-7-23(41)19-31(35)43/h4-15,18-19H,1-3,16-17H2,(H,50,51,52)(H,53,54,55)/b32-4-,33-5-. The third kappa shape index (κ3) is 7.34. The number of aromatic nitrogens is 4. The first-order valence-electron chi connectivity index (χ1n) is 17.1.